The lowest BCUT2D eigenvalue weighted by molar-refractivity contribution is -0.144. The number of nitrogens with zero attached hydrogens (tertiary/aromatic N) is 2. The molecule has 0 unspecified atom stereocenters. The molecule has 2 fully saturated rings. The molecule has 8 atom stereocenters. The first-order chi connectivity index (χ1) is 34.8. The van der Waals surface area contributed by atoms with Crippen LogP contribution in [0.2, 0.25) is 0 Å². The number of likely N-dealkylation sites (N-methyl/N-ethyl adjacent to an activating group) is 2. The molecule has 7 N–H and O–H groups in total. The molecule has 7 amide bonds. The minimum atomic E-state index is -1.02. The smallest absolute Gasteiger partial charge is 0.251 e. The van der Waals surface area contributed by atoms with E-state index in [4.69, 9.17) is 0 Å². The van der Waals surface area contributed by atoms with Gasteiger partial charge in [0.05, 0.1) is 12.1 Å². The second-order valence-electron chi connectivity index (χ2n) is 21.7. The number of carbonyl (C=O) groups is 8. The van der Waals surface area contributed by atoms with E-state index >= 15 is 0 Å². The third kappa shape index (κ3) is 15.7. The number of hydrogen-bond donors (Lipinski definition) is 7. The standard InChI is InChI=1S/C55H75F2N9O8/c1-32(58-9)47(68)63-45(54(3,4)5)52(73)65-30-36(27-42(65)50(71)60-25-23-34-11-19-39(56)20-12-34)28-44(67)37-15-17-38(18-16-37)49(70)62-41-29-43(51(72)61-26-24-35-13-21-40(57)22-14-35)66(31-41)53(74)46(55(6,7)8)64-48(69)33(2)59-10/h11-22,32-33,36,41-43,45-46,58-59H,23-31H2,1-10H3,(H,60,71)(H,61,72)(H,62,70)(H,63,68)(H,64,69)/t32-,33-,36+,41-,42-,43-,45+,46+/m0/s1. The van der Waals surface area contributed by atoms with Gasteiger partial charge in [0.25, 0.3) is 5.91 Å². The van der Waals surface area contributed by atoms with Crippen LogP contribution in [0.5, 0.6) is 0 Å². The lowest BCUT2D eigenvalue weighted by Crippen LogP contribution is -2.59. The third-order valence-electron chi connectivity index (χ3n) is 13.8. The van der Waals surface area contributed by atoms with Crippen LogP contribution in [0.1, 0.15) is 106 Å². The average Bonchev–Trinajstić information content (AvgIpc) is 3.99. The monoisotopic (exact) mass is 1030 g/mol. The molecular weight excluding hydrogens is 953 g/mol. The van der Waals surface area contributed by atoms with Gasteiger partial charge in [0.2, 0.25) is 35.4 Å². The van der Waals surface area contributed by atoms with Crippen LogP contribution in [-0.4, -0.2) is 140 Å². The predicted octanol–water partition coefficient (Wildman–Crippen LogP) is 3.45. The number of rotatable bonds is 21. The highest BCUT2D eigenvalue weighted by Crippen LogP contribution is 2.32. The Kier molecular flexibility index (Phi) is 20.1. The predicted molar refractivity (Wildman–Crippen MR) is 276 cm³/mol. The van der Waals surface area contributed by atoms with Crippen molar-refractivity contribution in [3.63, 3.8) is 0 Å². The summed E-state index contributed by atoms with van der Waals surface area (Å²) in [5.74, 6) is -4.59. The fourth-order valence-electron chi connectivity index (χ4n) is 9.08. The van der Waals surface area contributed by atoms with Crippen LogP contribution in [0, 0.1) is 28.4 Å². The molecule has 0 bridgehead atoms. The topological polar surface area (TPSA) is 227 Å². The number of nitrogens with one attached hydrogen (secondary N) is 7. The summed E-state index contributed by atoms with van der Waals surface area (Å²) in [6, 6.07) is 12.0. The number of carbonyl (C=O) groups excluding carboxylic acids is 8. The van der Waals surface area contributed by atoms with Crippen molar-refractivity contribution in [3.05, 3.63) is 107 Å². The van der Waals surface area contributed by atoms with E-state index in [2.05, 4.69) is 37.2 Å². The third-order valence-corrected chi connectivity index (χ3v) is 13.8. The summed E-state index contributed by atoms with van der Waals surface area (Å²) in [5, 5.41) is 20.2. The van der Waals surface area contributed by atoms with Gasteiger partial charge < -0.3 is 47.0 Å². The number of likely N-dealkylation sites (tertiary alicyclic amines) is 2. The Morgan fingerprint density at radius 1 is 0.581 bits per heavy atom. The summed E-state index contributed by atoms with van der Waals surface area (Å²) >= 11 is 0. The van der Waals surface area contributed by atoms with E-state index in [1.54, 1.807) is 73.0 Å². The van der Waals surface area contributed by atoms with E-state index in [1.807, 2.05) is 20.8 Å². The van der Waals surface area contributed by atoms with Gasteiger partial charge in [-0.05, 0) is 118 Å². The molecular formula is C55H75F2N9O8. The fraction of sp³-hybridized carbons (Fsp3) is 0.527. The van der Waals surface area contributed by atoms with Crippen molar-refractivity contribution in [1.29, 1.82) is 0 Å². The van der Waals surface area contributed by atoms with Gasteiger partial charge in [-0.15, -0.1) is 0 Å². The Morgan fingerprint density at radius 3 is 1.41 bits per heavy atom. The molecule has 402 valence electrons. The van der Waals surface area contributed by atoms with E-state index in [-0.39, 0.29) is 74.3 Å². The van der Waals surface area contributed by atoms with Crippen LogP contribution in [-0.2, 0) is 41.6 Å². The maximum Gasteiger partial charge on any atom is 0.251 e. The van der Waals surface area contributed by atoms with Gasteiger partial charge in [-0.2, -0.15) is 0 Å². The molecule has 0 radical (unpaired) electrons. The summed E-state index contributed by atoms with van der Waals surface area (Å²) in [5.41, 5.74) is 0.608. The van der Waals surface area contributed by atoms with Gasteiger partial charge in [-0.3, -0.25) is 38.4 Å². The van der Waals surface area contributed by atoms with Crippen molar-refractivity contribution >= 4 is 47.1 Å². The van der Waals surface area contributed by atoms with Crippen molar-refractivity contribution in [2.45, 2.75) is 130 Å². The molecule has 2 saturated heterocycles. The van der Waals surface area contributed by atoms with Crippen molar-refractivity contribution in [2.75, 3.05) is 40.3 Å². The second kappa shape index (κ2) is 25.6. The molecule has 74 heavy (non-hydrogen) atoms. The minimum Gasteiger partial charge on any atom is -0.354 e. The van der Waals surface area contributed by atoms with Crippen LogP contribution in [0.15, 0.2) is 72.8 Å². The zero-order valence-electron chi connectivity index (χ0n) is 44.3. The molecule has 17 nitrogen and oxygen atoms in total. The lowest BCUT2D eigenvalue weighted by atomic mass is 9.85. The van der Waals surface area contributed by atoms with E-state index in [0.29, 0.717) is 18.4 Å². The van der Waals surface area contributed by atoms with Crippen LogP contribution >= 0.6 is 0 Å². The Bertz CT molecular complexity index is 2310. The van der Waals surface area contributed by atoms with Crippen LogP contribution < -0.4 is 37.2 Å². The van der Waals surface area contributed by atoms with E-state index in [0.717, 1.165) is 11.1 Å². The Labute approximate surface area is 433 Å². The summed E-state index contributed by atoms with van der Waals surface area (Å²) in [6.45, 7) is 14.6. The maximum absolute atomic E-state index is 14.4. The molecule has 3 aromatic carbocycles. The summed E-state index contributed by atoms with van der Waals surface area (Å²) in [6.07, 6.45) is 1.03. The number of Topliss-reactive ketones (excluding diaryl/α,β-unsaturated/α-hetero) is 1. The summed E-state index contributed by atoms with van der Waals surface area (Å²) in [7, 11) is 3.25. The van der Waals surface area contributed by atoms with Crippen molar-refractivity contribution < 1.29 is 47.1 Å². The number of hydrogen-bond acceptors (Lipinski definition) is 10. The molecule has 2 heterocycles. The van der Waals surface area contributed by atoms with Crippen molar-refractivity contribution in [1.82, 2.24) is 47.0 Å². The number of amides is 7. The normalized spacial score (nSPS) is 19.4. The average molecular weight is 1030 g/mol. The highest BCUT2D eigenvalue weighted by Gasteiger charge is 2.47. The molecule has 0 aromatic heterocycles. The van der Waals surface area contributed by atoms with Crippen molar-refractivity contribution in [3.8, 4) is 0 Å². The van der Waals surface area contributed by atoms with Crippen LogP contribution in [0.4, 0.5) is 8.78 Å². The van der Waals surface area contributed by atoms with Gasteiger partial charge in [-0.25, -0.2) is 8.78 Å². The zero-order valence-corrected chi connectivity index (χ0v) is 44.3. The fourth-order valence-corrected chi connectivity index (χ4v) is 9.08. The van der Waals surface area contributed by atoms with E-state index in [9.17, 15) is 47.1 Å². The second-order valence-corrected chi connectivity index (χ2v) is 21.7. The first-order valence-electron chi connectivity index (χ1n) is 25.4. The SMILES string of the molecule is CN[C@@H](C)C(=O)N[C@H](C(=O)N1C[C@@H](CC(=O)c2ccc(C(=O)N[C@H]3C[C@@H](C(=O)NCCc4ccc(F)cc4)N(C(=O)[C@@H](NC(=O)[C@H](C)NC)C(C)(C)C)C3)cc2)C[C@H]1C(=O)NCCc1ccc(F)cc1)C(C)(C)C. The largest absolute Gasteiger partial charge is 0.354 e. The highest BCUT2D eigenvalue weighted by atomic mass is 19.1. The Hall–Kier alpha value is -6.60. The molecule has 2 aliphatic heterocycles. The van der Waals surface area contributed by atoms with Crippen LogP contribution in [0.3, 0.4) is 0 Å². The maximum atomic E-state index is 14.4. The van der Waals surface area contributed by atoms with Crippen LogP contribution in [0.25, 0.3) is 0 Å². The van der Waals surface area contributed by atoms with Gasteiger partial charge in [-0.1, -0.05) is 77.9 Å². The lowest BCUT2D eigenvalue weighted by Gasteiger charge is -2.36. The van der Waals surface area contributed by atoms with Gasteiger partial charge in [0, 0.05) is 49.8 Å². The first kappa shape index (κ1) is 58.3. The molecule has 5 rings (SSSR count). The molecule has 0 spiro atoms. The van der Waals surface area contributed by atoms with E-state index in [1.165, 1.54) is 58.3 Å². The number of ketones is 1. The molecule has 0 aliphatic carbocycles. The van der Waals surface area contributed by atoms with Crippen molar-refractivity contribution in [2.24, 2.45) is 16.7 Å². The number of benzene rings is 3. The molecule has 2 aliphatic rings. The molecule has 0 saturated carbocycles. The molecule has 3 aromatic rings. The van der Waals surface area contributed by atoms with E-state index < -0.39 is 94.5 Å². The minimum absolute atomic E-state index is 0.0266. The molecule has 19 heteroatoms. The Balaban J connectivity index is 1.29. The summed E-state index contributed by atoms with van der Waals surface area (Å²) < 4.78 is 27.0. The number of halogens is 2. The quantitative estimate of drug-likeness (QED) is 0.0770. The summed E-state index contributed by atoms with van der Waals surface area (Å²) in [4.78, 5) is 113. The highest BCUT2D eigenvalue weighted by molar-refractivity contribution is 6.00. The first-order valence-corrected chi connectivity index (χ1v) is 25.4. The Morgan fingerprint density at radius 2 is 0.986 bits per heavy atom. The zero-order chi connectivity index (χ0) is 54.7. The van der Waals surface area contributed by atoms with Gasteiger partial charge >= 0.3 is 0 Å². The van der Waals surface area contributed by atoms with Gasteiger partial charge in [0.15, 0.2) is 5.78 Å². The van der Waals surface area contributed by atoms with Gasteiger partial charge in [0.1, 0.15) is 35.8 Å².